The van der Waals surface area contributed by atoms with Crippen molar-refractivity contribution in [2.45, 2.75) is 13.8 Å². The molecule has 0 atom stereocenters. The summed E-state index contributed by atoms with van der Waals surface area (Å²) in [4.78, 5) is 4.71. The van der Waals surface area contributed by atoms with Crippen LogP contribution in [0.1, 0.15) is 22.3 Å². The van der Waals surface area contributed by atoms with Gasteiger partial charge in [0.15, 0.2) is 0 Å². The van der Waals surface area contributed by atoms with E-state index in [1.807, 2.05) is 60.7 Å². The third kappa shape index (κ3) is 5.37. The number of rotatable bonds is 3. The smallest absolute Gasteiger partial charge is 0.122 e. The average Bonchev–Trinajstić information content (AvgIpc) is 2.73. The molecule has 0 heterocycles. The van der Waals surface area contributed by atoms with E-state index in [4.69, 9.17) is 9.73 Å². The van der Waals surface area contributed by atoms with Gasteiger partial charge in [0.1, 0.15) is 11.5 Å². The summed E-state index contributed by atoms with van der Waals surface area (Å²) in [5.41, 5.74) is 5.82. The van der Waals surface area contributed by atoms with E-state index in [1.165, 1.54) is 11.1 Å². The Morgan fingerprint density at radius 3 is 1.96 bits per heavy atom. The highest BCUT2D eigenvalue weighted by molar-refractivity contribution is 6.14. The monoisotopic (exact) mass is 363 g/mol. The van der Waals surface area contributed by atoms with Crippen molar-refractivity contribution in [2.24, 2.45) is 4.99 Å². The molecule has 2 nitrogen and oxygen atoms in total. The maximum Gasteiger partial charge on any atom is 0.122 e. The lowest BCUT2D eigenvalue weighted by molar-refractivity contribution is 0.415. The third-order valence-electron chi connectivity index (χ3n) is 4.14. The first-order chi connectivity index (χ1) is 13.6. The minimum atomic E-state index is 0.684. The Kier molecular flexibility index (Phi) is 6.29. The molecule has 0 fully saturated rings. The molecule has 0 N–H and O–H groups in total. The van der Waals surface area contributed by atoms with Gasteiger partial charge in [-0.05, 0) is 68.0 Å². The van der Waals surface area contributed by atoms with Crippen molar-refractivity contribution in [2.75, 3.05) is 7.11 Å². The fourth-order valence-electron chi connectivity index (χ4n) is 2.49. The molecule has 0 bridgehead atoms. The summed E-state index contributed by atoms with van der Waals surface area (Å²) < 4.78 is 5.21. The van der Waals surface area contributed by atoms with E-state index in [-0.39, 0.29) is 0 Å². The molecule has 0 saturated carbocycles. The van der Waals surface area contributed by atoms with Crippen LogP contribution in [0.4, 0.5) is 5.69 Å². The zero-order valence-electron chi connectivity index (χ0n) is 16.3. The standard InChI is InChI=1S/C26H21NO/c1-20-8-12-22(13-9-20)6-4-5-7-26(23-14-10-21(2)11-15-23)27-24-16-18-25(28-3)19-17-24/h8-19H,1-3H3. The molecule has 0 unspecified atom stereocenters. The van der Waals surface area contributed by atoms with E-state index in [1.54, 1.807) is 7.11 Å². The minimum Gasteiger partial charge on any atom is -0.497 e. The van der Waals surface area contributed by atoms with Crippen molar-refractivity contribution in [1.82, 2.24) is 0 Å². The van der Waals surface area contributed by atoms with Crippen LogP contribution in [0, 0.1) is 37.5 Å². The number of aliphatic imine (C=N–C) groups is 1. The topological polar surface area (TPSA) is 21.6 Å². The molecule has 0 amide bonds. The molecule has 0 aliphatic heterocycles. The Morgan fingerprint density at radius 2 is 1.36 bits per heavy atom. The van der Waals surface area contributed by atoms with Crippen molar-refractivity contribution in [3.63, 3.8) is 0 Å². The maximum absolute atomic E-state index is 5.21. The fourth-order valence-corrected chi connectivity index (χ4v) is 2.49. The van der Waals surface area contributed by atoms with E-state index in [9.17, 15) is 0 Å². The van der Waals surface area contributed by atoms with Gasteiger partial charge in [-0.15, -0.1) is 0 Å². The highest BCUT2D eigenvalue weighted by atomic mass is 16.5. The molecule has 0 spiro atoms. The van der Waals surface area contributed by atoms with Gasteiger partial charge in [0, 0.05) is 11.1 Å². The summed E-state index contributed by atoms with van der Waals surface area (Å²) in [7, 11) is 1.65. The number of hydrogen-bond donors (Lipinski definition) is 0. The van der Waals surface area contributed by atoms with Crippen LogP contribution in [0.15, 0.2) is 77.8 Å². The number of nitrogens with zero attached hydrogens (tertiary/aromatic N) is 1. The summed E-state index contributed by atoms with van der Waals surface area (Å²) in [6.45, 7) is 4.11. The lowest BCUT2D eigenvalue weighted by Crippen LogP contribution is -1.97. The Bertz CT molecular complexity index is 1080. The second kappa shape index (κ2) is 9.26. The molecule has 0 radical (unpaired) electrons. The van der Waals surface area contributed by atoms with Gasteiger partial charge >= 0.3 is 0 Å². The van der Waals surface area contributed by atoms with Gasteiger partial charge in [0.25, 0.3) is 0 Å². The summed E-state index contributed by atoms with van der Waals surface area (Å²) in [6.07, 6.45) is 0. The first-order valence-corrected chi connectivity index (χ1v) is 9.02. The number of hydrogen-bond acceptors (Lipinski definition) is 2. The summed E-state index contributed by atoms with van der Waals surface area (Å²) in [5.74, 6) is 12.8. The fraction of sp³-hybridized carbons (Fsp3) is 0.115. The second-order valence-electron chi connectivity index (χ2n) is 6.39. The molecule has 136 valence electrons. The molecule has 0 aliphatic carbocycles. The zero-order chi connectivity index (χ0) is 19.8. The third-order valence-corrected chi connectivity index (χ3v) is 4.14. The van der Waals surface area contributed by atoms with Gasteiger partial charge in [0.05, 0.1) is 12.8 Å². The van der Waals surface area contributed by atoms with Crippen LogP contribution in [0.2, 0.25) is 0 Å². The van der Waals surface area contributed by atoms with Gasteiger partial charge in [0.2, 0.25) is 0 Å². The van der Waals surface area contributed by atoms with Gasteiger partial charge < -0.3 is 4.74 Å². The molecule has 0 saturated heterocycles. The van der Waals surface area contributed by atoms with Crippen LogP contribution in [0.3, 0.4) is 0 Å². The second-order valence-corrected chi connectivity index (χ2v) is 6.39. The maximum atomic E-state index is 5.21. The van der Waals surface area contributed by atoms with Crippen LogP contribution < -0.4 is 4.74 Å². The normalized spacial score (nSPS) is 10.3. The van der Waals surface area contributed by atoms with Crippen LogP contribution in [-0.4, -0.2) is 12.8 Å². The molecular weight excluding hydrogens is 342 g/mol. The van der Waals surface area contributed by atoms with E-state index < -0.39 is 0 Å². The van der Waals surface area contributed by atoms with Crippen molar-refractivity contribution >= 4 is 11.4 Å². The molecule has 3 aromatic rings. The van der Waals surface area contributed by atoms with E-state index in [0.717, 1.165) is 22.6 Å². The molecule has 0 aliphatic rings. The van der Waals surface area contributed by atoms with Crippen molar-refractivity contribution in [3.05, 3.63) is 95.1 Å². The minimum absolute atomic E-state index is 0.684. The van der Waals surface area contributed by atoms with E-state index in [0.29, 0.717) is 5.71 Å². The quantitative estimate of drug-likeness (QED) is 0.445. The van der Waals surface area contributed by atoms with Crippen LogP contribution in [0.25, 0.3) is 0 Å². The molecule has 28 heavy (non-hydrogen) atoms. The predicted octanol–water partition coefficient (Wildman–Crippen LogP) is 5.49. The predicted molar refractivity (Wildman–Crippen MR) is 116 cm³/mol. The molecule has 3 aromatic carbocycles. The van der Waals surface area contributed by atoms with Crippen molar-refractivity contribution < 1.29 is 4.74 Å². The van der Waals surface area contributed by atoms with Gasteiger partial charge in [-0.25, -0.2) is 4.99 Å². The summed E-state index contributed by atoms with van der Waals surface area (Å²) in [5, 5.41) is 0. The number of benzene rings is 3. The lowest BCUT2D eigenvalue weighted by atomic mass is 10.1. The molecule has 0 aromatic heterocycles. The highest BCUT2D eigenvalue weighted by Crippen LogP contribution is 2.19. The van der Waals surface area contributed by atoms with Crippen LogP contribution in [0.5, 0.6) is 5.75 Å². The van der Waals surface area contributed by atoms with E-state index >= 15 is 0 Å². The lowest BCUT2D eigenvalue weighted by Gasteiger charge is -2.02. The Balaban J connectivity index is 1.92. The molecule has 2 heteroatoms. The van der Waals surface area contributed by atoms with Gasteiger partial charge in [-0.3, -0.25) is 0 Å². The highest BCUT2D eigenvalue weighted by Gasteiger charge is 2.01. The van der Waals surface area contributed by atoms with Crippen LogP contribution in [-0.2, 0) is 0 Å². The summed E-state index contributed by atoms with van der Waals surface area (Å²) in [6, 6.07) is 23.8. The first-order valence-electron chi connectivity index (χ1n) is 9.02. The first kappa shape index (κ1) is 19.0. The van der Waals surface area contributed by atoms with E-state index in [2.05, 4.69) is 49.7 Å². The SMILES string of the molecule is COc1ccc(N=C(C#CC#Cc2ccc(C)cc2)c2ccc(C)cc2)cc1. The van der Waals surface area contributed by atoms with Gasteiger partial charge in [-0.1, -0.05) is 53.4 Å². The number of aryl methyl sites for hydroxylation is 2. The number of methoxy groups -OCH3 is 1. The van der Waals surface area contributed by atoms with Crippen molar-refractivity contribution in [1.29, 1.82) is 0 Å². The largest absolute Gasteiger partial charge is 0.497 e. The van der Waals surface area contributed by atoms with Crippen molar-refractivity contribution in [3.8, 4) is 29.4 Å². The Hall–Kier alpha value is -3.75. The molecular formula is C26H21NO. The Labute approximate surface area is 166 Å². The van der Waals surface area contributed by atoms with Gasteiger partial charge in [-0.2, -0.15) is 0 Å². The summed E-state index contributed by atoms with van der Waals surface area (Å²) >= 11 is 0. The average molecular weight is 363 g/mol. The van der Waals surface area contributed by atoms with Crippen LogP contribution >= 0.6 is 0 Å². The number of ether oxygens (including phenoxy) is 1. The Morgan fingerprint density at radius 1 is 0.750 bits per heavy atom. The molecule has 3 rings (SSSR count). The zero-order valence-corrected chi connectivity index (χ0v) is 16.3.